The molecule has 14 heavy (non-hydrogen) atoms. The van der Waals surface area contributed by atoms with E-state index in [0.717, 1.165) is 11.0 Å². The molecule has 2 aliphatic heterocycles. The predicted octanol–water partition coefficient (Wildman–Crippen LogP) is 1.15. The van der Waals surface area contributed by atoms with Crippen molar-refractivity contribution in [2.75, 3.05) is 33.3 Å². The minimum absolute atomic E-state index is 0.0226. The fraction of sp³-hybridized carbons (Fsp3) is 0.900. The zero-order valence-corrected chi connectivity index (χ0v) is 8.70. The lowest BCUT2D eigenvalue weighted by Gasteiger charge is -2.38. The molecule has 0 spiro atoms. The average Bonchev–Trinajstić information content (AvgIpc) is 2.51. The first-order valence-corrected chi connectivity index (χ1v) is 5.35. The van der Waals surface area contributed by atoms with Gasteiger partial charge in [-0.2, -0.15) is 0 Å². The second-order valence-electron chi connectivity index (χ2n) is 4.61. The van der Waals surface area contributed by atoms with E-state index in [1.165, 1.54) is 32.4 Å². The van der Waals surface area contributed by atoms with Gasteiger partial charge in [0.1, 0.15) is 13.2 Å². The molecule has 0 N–H and O–H groups in total. The van der Waals surface area contributed by atoms with Crippen molar-refractivity contribution in [2.24, 2.45) is 0 Å². The number of hydrogen-bond donors (Lipinski definition) is 0. The minimum atomic E-state index is -0.501. The Hall–Kier alpha value is -0.770. The summed E-state index contributed by atoms with van der Waals surface area (Å²) in [6.45, 7) is 3.75. The predicted molar refractivity (Wildman–Crippen MR) is 50.9 cm³/mol. The third kappa shape index (κ3) is 2.18. The Morgan fingerprint density at radius 3 is 2.64 bits per heavy atom. The van der Waals surface area contributed by atoms with Crippen LogP contribution in [0.5, 0.6) is 0 Å². The molecular formula is C10H18NO3+. The number of nitrogens with zero attached hydrogens (tertiary/aromatic N) is 1. The maximum absolute atomic E-state index is 10.7. The summed E-state index contributed by atoms with van der Waals surface area (Å²) in [4.78, 5) is 10.7. The molecule has 4 heteroatoms. The van der Waals surface area contributed by atoms with Crippen LogP contribution in [0.25, 0.3) is 0 Å². The zero-order chi connectivity index (χ0) is 10.0. The van der Waals surface area contributed by atoms with Gasteiger partial charge in [-0.15, -0.1) is 0 Å². The van der Waals surface area contributed by atoms with Crippen molar-refractivity contribution in [3.8, 4) is 0 Å². The molecule has 2 saturated heterocycles. The van der Waals surface area contributed by atoms with Gasteiger partial charge < -0.3 is 14.0 Å². The van der Waals surface area contributed by atoms with E-state index >= 15 is 0 Å². The highest BCUT2D eigenvalue weighted by molar-refractivity contribution is 5.61. The first-order valence-electron chi connectivity index (χ1n) is 5.35. The summed E-state index contributed by atoms with van der Waals surface area (Å²) in [6, 6.07) is 0. The van der Waals surface area contributed by atoms with Crippen molar-refractivity contribution in [3.05, 3.63) is 0 Å². The summed E-state index contributed by atoms with van der Waals surface area (Å²) in [7, 11) is 2.24. The van der Waals surface area contributed by atoms with Crippen LogP contribution in [0.4, 0.5) is 4.79 Å². The topological polar surface area (TPSA) is 35.5 Å². The van der Waals surface area contributed by atoms with Gasteiger partial charge in [-0.1, -0.05) is 0 Å². The third-order valence-electron chi connectivity index (χ3n) is 3.19. The lowest BCUT2D eigenvalue weighted by atomic mass is 10.1. The maximum atomic E-state index is 10.7. The van der Waals surface area contributed by atoms with Crippen molar-refractivity contribution < 1.29 is 18.8 Å². The molecule has 80 valence electrons. The molecular weight excluding hydrogens is 182 g/mol. The van der Waals surface area contributed by atoms with E-state index in [4.69, 9.17) is 9.47 Å². The smallest absolute Gasteiger partial charge is 0.430 e. The molecule has 1 unspecified atom stereocenters. The summed E-state index contributed by atoms with van der Waals surface area (Å²) < 4.78 is 10.9. The first kappa shape index (κ1) is 9.77. The molecule has 0 bridgehead atoms. The Morgan fingerprint density at radius 2 is 2.07 bits per heavy atom. The van der Waals surface area contributed by atoms with Crippen LogP contribution >= 0.6 is 0 Å². The van der Waals surface area contributed by atoms with Gasteiger partial charge >= 0.3 is 6.16 Å². The Bertz CT molecular complexity index is 223. The van der Waals surface area contributed by atoms with Gasteiger partial charge in [0.25, 0.3) is 0 Å². The van der Waals surface area contributed by atoms with Crippen LogP contribution in [0.2, 0.25) is 0 Å². The van der Waals surface area contributed by atoms with Crippen LogP contribution in [0.15, 0.2) is 0 Å². The van der Waals surface area contributed by atoms with E-state index in [2.05, 4.69) is 7.05 Å². The number of likely N-dealkylation sites (tertiary alicyclic amines) is 1. The number of piperidine rings is 1. The average molecular weight is 200 g/mol. The van der Waals surface area contributed by atoms with Crippen LogP contribution in [0.1, 0.15) is 19.3 Å². The number of quaternary nitrogens is 1. The zero-order valence-electron chi connectivity index (χ0n) is 8.70. The van der Waals surface area contributed by atoms with Crippen LogP contribution < -0.4 is 0 Å². The van der Waals surface area contributed by atoms with Crippen LogP contribution in [0.3, 0.4) is 0 Å². The van der Waals surface area contributed by atoms with Crippen LogP contribution in [-0.2, 0) is 9.47 Å². The maximum Gasteiger partial charge on any atom is 0.509 e. The summed E-state index contributed by atoms with van der Waals surface area (Å²) in [5, 5.41) is 0. The monoisotopic (exact) mass is 200 g/mol. The Morgan fingerprint density at radius 1 is 1.36 bits per heavy atom. The van der Waals surface area contributed by atoms with Gasteiger partial charge in [0.2, 0.25) is 0 Å². The normalized spacial score (nSPS) is 30.9. The molecule has 0 aromatic rings. The molecule has 2 rings (SSSR count). The summed E-state index contributed by atoms with van der Waals surface area (Å²) in [5.41, 5.74) is 0. The van der Waals surface area contributed by atoms with Crippen molar-refractivity contribution in [1.82, 2.24) is 0 Å². The van der Waals surface area contributed by atoms with Gasteiger partial charge in [0.15, 0.2) is 6.10 Å². The number of carbonyl (C=O) groups is 1. The summed E-state index contributed by atoms with van der Waals surface area (Å²) >= 11 is 0. The second-order valence-corrected chi connectivity index (χ2v) is 4.61. The lowest BCUT2D eigenvalue weighted by molar-refractivity contribution is -0.916. The Kier molecular flexibility index (Phi) is 2.63. The SMILES string of the molecule is C[N+]1(CC2COC(=O)O2)CCCCC1. The highest BCUT2D eigenvalue weighted by Gasteiger charge is 2.34. The third-order valence-corrected chi connectivity index (χ3v) is 3.19. The highest BCUT2D eigenvalue weighted by Crippen LogP contribution is 2.19. The molecule has 4 nitrogen and oxygen atoms in total. The van der Waals surface area contributed by atoms with Crippen molar-refractivity contribution >= 4 is 6.16 Å². The fourth-order valence-corrected chi connectivity index (χ4v) is 2.40. The fourth-order valence-electron chi connectivity index (χ4n) is 2.40. The Balaban J connectivity index is 1.86. The lowest BCUT2D eigenvalue weighted by Crippen LogP contribution is -2.52. The highest BCUT2D eigenvalue weighted by atomic mass is 16.8. The van der Waals surface area contributed by atoms with E-state index < -0.39 is 6.16 Å². The van der Waals surface area contributed by atoms with Crippen molar-refractivity contribution in [2.45, 2.75) is 25.4 Å². The summed E-state index contributed by atoms with van der Waals surface area (Å²) in [5.74, 6) is 0. The molecule has 2 aliphatic rings. The standard InChI is InChI=1S/C10H18NO3/c1-11(5-3-2-4-6-11)7-9-8-13-10(12)14-9/h9H,2-8H2,1H3/q+1. The van der Waals surface area contributed by atoms with E-state index in [-0.39, 0.29) is 6.10 Å². The first-order chi connectivity index (χ1) is 6.68. The largest absolute Gasteiger partial charge is 0.509 e. The quantitative estimate of drug-likeness (QED) is 0.495. The summed E-state index contributed by atoms with van der Waals surface area (Å²) in [6.07, 6.45) is 3.40. The molecule has 0 amide bonds. The van der Waals surface area contributed by atoms with Crippen LogP contribution in [0, 0.1) is 0 Å². The Labute approximate surface area is 84.4 Å². The van der Waals surface area contributed by atoms with E-state index in [1.807, 2.05) is 0 Å². The molecule has 0 aromatic heterocycles. The van der Waals surface area contributed by atoms with Gasteiger partial charge in [-0.3, -0.25) is 0 Å². The van der Waals surface area contributed by atoms with Crippen molar-refractivity contribution in [3.63, 3.8) is 0 Å². The van der Waals surface area contributed by atoms with E-state index in [0.29, 0.717) is 6.61 Å². The van der Waals surface area contributed by atoms with Crippen molar-refractivity contribution in [1.29, 1.82) is 0 Å². The molecule has 0 saturated carbocycles. The second kappa shape index (κ2) is 3.77. The number of hydrogen-bond acceptors (Lipinski definition) is 3. The molecule has 0 aromatic carbocycles. The van der Waals surface area contributed by atoms with Gasteiger partial charge in [0.05, 0.1) is 20.1 Å². The molecule has 1 atom stereocenters. The number of cyclic esters (lactones) is 2. The minimum Gasteiger partial charge on any atom is -0.430 e. The van der Waals surface area contributed by atoms with Gasteiger partial charge in [-0.05, 0) is 19.3 Å². The number of rotatable bonds is 2. The van der Waals surface area contributed by atoms with Gasteiger partial charge in [0, 0.05) is 0 Å². The molecule has 0 radical (unpaired) electrons. The molecule has 0 aliphatic carbocycles. The molecule has 2 fully saturated rings. The van der Waals surface area contributed by atoms with Crippen LogP contribution in [-0.4, -0.2) is 50.0 Å². The number of carbonyl (C=O) groups excluding carboxylic acids is 1. The number of likely N-dealkylation sites (N-methyl/N-ethyl adjacent to an activating group) is 1. The number of ether oxygens (including phenoxy) is 2. The molecule has 2 heterocycles. The van der Waals surface area contributed by atoms with Gasteiger partial charge in [-0.25, -0.2) is 4.79 Å². The van der Waals surface area contributed by atoms with E-state index in [9.17, 15) is 4.79 Å². The van der Waals surface area contributed by atoms with E-state index in [1.54, 1.807) is 0 Å².